The van der Waals surface area contributed by atoms with E-state index in [2.05, 4.69) is 45.2 Å². The van der Waals surface area contributed by atoms with Gasteiger partial charge < -0.3 is 62.9 Å². The highest BCUT2D eigenvalue weighted by atomic mass is 16.7. The van der Waals surface area contributed by atoms with Gasteiger partial charge in [-0.3, -0.25) is 9.59 Å². The van der Waals surface area contributed by atoms with Crippen molar-refractivity contribution in [3.8, 4) is 0 Å². The summed E-state index contributed by atoms with van der Waals surface area (Å²) >= 11 is 0. The summed E-state index contributed by atoms with van der Waals surface area (Å²) in [6, 6.07) is -0.314. The predicted octanol–water partition coefficient (Wildman–Crippen LogP) is 5.13. The van der Waals surface area contributed by atoms with Gasteiger partial charge in [0.1, 0.15) is 35.9 Å². The maximum Gasteiger partial charge on any atom is 0.316 e. The van der Waals surface area contributed by atoms with Gasteiger partial charge in [0.05, 0.1) is 55.4 Å². The van der Waals surface area contributed by atoms with Gasteiger partial charge in [-0.2, -0.15) is 0 Å². The van der Waals surface area contributed by atoms with E-state index in [-0.39, 0.29) is 61.0 Å². The second-order valence-corrected chi connectivity index (χ2v) is 19.5. The zero-order valence-corrected chi connectivity index (χ0v) is 39.5. The fourth-order valence-electron chi connectivity index (χ4n) is 10.9. The van der Waals surface area contributed by atoms with Gasteiger partial charge in [-0.25, -0.2) is 0 Å². The molecule has 64 heavy (non-hydrogen) atoms. The molecule has 4 fully saturated rings. The van der Waals surface area contributed by atoms with E-state index in [1.807, 2.05) is 39.0 Å². The first kappa shape index (κ1) is 49.1. The third-order valence-corrected chi connectivity index (χ3v) is 14.4. The van der Waals surface area contributed by atoms with Crippen molar-refractivity contribution in [1.29, 1.82) is 0 Å². The molecule has 1 spiro atoms. The van der Waals surface area contributed by atoms with Gasteiger partial charge in [0, 0.05) is 58.7 Å². The fourth-order valence-corrected chi connectivity index (χ4v) is 10.9. The Kier molecular flexibility index (Phi) is 15.5. The van der Waals surface area contributed by atoms with Crippen LogP contribution in [-0.2, 0) is 57.0 Å². The first-order valence-corrected chi connectivity index (χ1v) is 23.3. The topological polar surface area (TPSA) is 179 Å². The number of carbonyl (C=O) groups is 2. The van der Waals surface area contributed by atoms with Crippen molar-refractivity contribution in [2.75, 3.05) is 20.8 Å². The Bertz CT molecular complexity index is 1830. The molecule has 0 aromatic rings. The minimum absolute atomic E-state index is 0.0266. The van der Waals surface area contributed by atoms with Crippen LogP contribution in [0.5, 0.6) is 0 Å². The van der Waals surface area contributed by atoms with Gasteiger partial charge in [-0.15, -0.1) is 0 Å². The Hall–Kier alpha value is -2.80. The number of hydrogen-bond donors (Lipinski definition) is 3. The van der Waals surface area contributed by atoms with Crippen molar-refractivity contribution < 1.29 is 67.2 Å². The fraction of sp³-hybridized carbons (Fsp3) is 0.755. The summed E-state index contributed by atoms with van der Waals surface area (Å²) in [5, 5.41) is 26.7. The first-order valence-electron chi connectivity index (χ1n) is 23.3. The molecule has 19 atom stereocenters. The number of aliphatic hydroxyl groups is 2. The molecule has 1 aliphatic carbocycles. The lowest BCUT2D eigenvalue weighted by atomic mass is 9.71. The summed E-state index contributed by atoms with van der Waals surface area (Å²) < 4.78 is 64.2. The Labute approximate surface area is 378 Å². The quantitative estimate of drug-likeness (QED) is 0.216. The first-order chi connectivity index (χ1) is 30.4. The van der Waals surface area contributed by atoms with Crippen LogP contribution in [0.1, 0.15) is 94.4 Å². The maximum atomic E-state index is 14.3. The molecule has 2 bridgehead atoms. The lowest BCUT2D eigenvalue weighted by Gasteiger charge is -2.48. The zero-order chi connectivity index (χ0) is 46.2. The minimum atomic E-state index is -1.84. The highest BCUT2D eigenvalue weighted by Gasteiger charge is 2.60. The van der Waals surface area contributed by atoms with Crippen molar-refractivity contribution in [3.05, 3.63) is 59.3 Å². The Morgan fingerprint density at radius 3 is 2.31 bits per heavy atom. The summed E-state index contributed by atoms with van der Waals surface area (Å²) in [7, 11) is 3.27. The Morgan fingerprint density at radius 2 is 1.61 bits per heavy atom. The molecule has 0 aromatic carbocycles. The third-order valence-electron chi connectivity index (χ3n) is 14.4. The van der Waals surface area contributed by atoms with E-state index in [1.54, 1.807) is 33.3 Å². The van der Waals surface area contributed by atoms with Crippen LogP contribution >= 0.6 is 0 Å². The second-order valence-electron chi connectivity index (χ2n) is 19.5. The smallest absolute Gasteiger partial charge is 0.316 e. The number of ether oxygens (including phenoxy) is 10. The van der Waals surface area contributed by atoms with Crippen molar-refractivity contribution in [2.24, 2.45) is 23.7 Å². The molecule has 6 aliphatic heterocycles. The number of methoxy groups -OCH3 is 2. The predicted molar refractivity (Wildman–Crippen MR) is 234 cm³/mol. The molecular weight excluding hydrogens is 827 g/mol. The van der Waals surface area contributed by atoms with Gasteiger partial charge in [-0.05, 0) is 62.8 Å². The molecule has 3 N–H and O–H groups in total. The number of aliphatic hydroxyl groups excluding tert-OH is 1. The molecule has 358 valence electrons. The number of hydrogen-bond acceptors (Lipinski definition) is 14. The number of nitrogens with one attached hydrogen (secondary N) is 1. The summed E-state index contributed by atoms with van der Waals surface area (Å²) in [6.45, 7) is 17.5. The minimum Gasteiger partial charge on any atom is -0.462 e. The van der Waals surface area contributed by atoms with E-state index in [9.17, 15) is 19.8 Å². The number of esters is 1. The molecule has 15 heteroatoms. The molecule has 0 aromatic heterocycles. The van der Waals surface area contributed by atoms with E-state index in [0.717, 1.165) is 5.57 Å². The van der Waals surface area contributed by atoms with Crippen molar-refractivity contribution in [3.63, 3.8) is 0 Å². The van der Waals surface area contributed by atoms with Gasteiger partial charge in [-0.1, -0.05) is 64.2 Å². The van der Waals surface area contributed by atoms with Crippen LogP contribution in [0.25, 0.3) is 0 Å². The van der Waals surface area contributed by atoms with Crippen LogP contribution in [0.4, 0.5) is 0 Å². The third kappa shape index (κ3) is 10.2. The van der Waals surface area contributed by atoms with E-state index in [4.69, 9.17) is 47.4 Å². The number of allylic oxidation sites excluding steroid dienone is 2. The van der Waals surface area contributed by atoms with Crippen LogP contribution in [-0.4, -0.2) is 140 Å². The van der Waals surface area contributed by atoms with E-state index >= 15 is 0 Å². The summed E-state index contributed by atoms with van der Waals surface area (Å²) in [4.78, 5) is 26.2. The number of fused-ring (bicyclic) bond motifs is 2. The lowest BCUT2D eigenvalue weighted by molar-refractivity contribution is -0.311. The highest BCUT2D eigenvalue weighted by Crippen LogP contribution is 2.47. The average molecular weight is 900 g/mol. The Morgan fingerprint density at radius 1 is 0.906 bits per heavy atom. The van der Waals surface area contributed by atoms with E-state index in [1.165, 1.54) is 6.92 Å². The largest absolute Gasteiger partial charge is 0.462 e. The monoisotopic (exact) mass is 900 g/mol. The number of carbonyl (C=O) groups excluding carboxylic acids is 2. The van der Waals surface area contributed by atoms with E-state index < -0.39 is 84.7 Å². The molecule has 7 aliphatic rings. The van der Waals surface area contributed by atoms with Crippen molar-refractivity contribution in [2.45, 2.75) is 192 Å². The van der Waals surface area contributed by atoms with E-state index in [0.29, 0.717) is 36.8 Å². The molecule has 7 rings (SSSR count). The highest BCUT2D eigenvalue weighted by molar-refractivity contribution is 5.78. The molecule has 15 nitrogen and oxygen atoms in total. The SMILES string of the molecule is CO[C@H]1C[C@H](O[C@@H]2C(C)=CC[C@@H]3C[C@@H](C[C@]4(C=C[C@H](C)[C@@H](C(C)C)O4)O3)OC(=O)[C@@H]3C=C(C)[C@@H](O)[C@H]4OCC(=CC=C[C@@H]2C)[C@]43O)O[C@@H](C)[C@H]1O[C@H]1C[C@@H](OC)[C@H](NC(C)=O)[C@H](C)O1. The van der Waals surface area contributed by atoms with Gasteiger partial charge in [0.15, 0.2) is 18.4 Å². The van der Waals surface area contributed by atoms with Crippen LogP contribution in [0.2, 0.25) is 0 Å². The van der Waals surface area contributed by atoms with Gasteiger partial charge in [0.2, 0.25) is 5.91 Å². The Balaban J connectivity index is 1.16. The standard InChI is InChI=1S/C49H73NO14/c1-25(2)43-28(5)17-18-48(64-43)23-35-20-34(63-48)16-15-27(4)44(26(3)13-12-14-33-24-57-46-42(52)29(6)19-36(47(53)60-35)49(33,46)54)61-40-22-38(56-11)45(31(8)59-40)62-39-21-37(55-10)41(30(7)58-39)50-32(9)51/h12-15,17-19,25-26,28,30-31,34-46,52,54H,16,20-24H2,1-11H3,(H,50,51)/t26-,28-,30-,31-,34+,35-,36-,37+,38-,39-,40-,41+,42+,43+,44-,45+,46+,48+,49+/m0/s1. The summed E-state index contributed by atoms with van der Waals surface area (Å²) in [5.41, 5.74) is 0.112. The van der Waals surface area contributed by atoms with Crippen molar-refractivity contribution >= 4 is 11.9 Å². The zero-order valence-electron chi connectivity index (χ0n) is 39.5. The summed E-state index contributed by atoms with van der Waals surface area (Å²) in [5.74, 6) is -2.81. The molecule has 0 saturated carbocycles. The maximum absolute atomic E-state index is 14.3. The second kappa shape index (κ2) is 20.2. The molecule has 0 radical (unpaired) electrons. The molecule has 4 saturated heterocycles. The van der Waals surface area contributed by atoms with Crippen LogP contribution in [0.3, 0.4) is 0 Å². The average Bonchev–Trinajstić information content (AvgIpc) is 3.58. The molecule has 6 heterocycles. The molecule has 1 amide bonds. The van der Waals surface area contributed by atoms with Crippen molar-refractivity contribution in [1.82, 2.24) is 5.32 Å². The molecule has 0 unspecified atom stereocenters. The van der Waals surface area contributed by atoms with Crippen LogP contribution < -0.4 is 5.32 Å². The van der Waals surface area contributed by atoms with Gasteiger partial charge >= 0.3 is 5.97 Å². The lowest BCUT2D eigenvalue weighted by Crippen LogP contribution is -2.58. The number of amides is 1. The van der Waals surface area contributed by atoms with Crippen LogP contribution in [0.15, 0.2) is 59.3 Å². The number of rotatable bonds is 8. The molecular formula is C49H73NO14. The van der Waals surface area contributed by atoms with Gasteiger partial charge in [0.25, 0.3) is 0 Å². The summed E-state index contributed by atoms with van der Waals surface area (Å²) in [6.07, 6.45) is 8.46. The normalized spacial score (nSPS) is 45.3. The van der Waals surface area contributed by atoms with Crippen LogP contribution in [0, 0.1) is 23.7 Å².